The third kappa shape index (κ3) is 3.20. The number of nitrogens with one attached hydrogen (secondary N) is 1. The molecule has 15 heavy (non-hydrogen) atoms. The molecule has 1 aromatic heterocycles. The Morgan fingerprint density at radius 1 is 1.47 bits per heavy atom. The molecule has 0 radical (unpaired) electrons. The lowest BCUT2D eigenvalue weighted by molar-refractivity contribution is 0.0247. The van der Waals surface area contributed by atoms with Crippen LogP contribution in [0.3, 0.4) is 0 Å². The van der Waals surface area contributed by atoms with E-state index in [4.69, 9.17) is 4.74 Å². The van der Waals surface area contributed by atoms with Gasteiger partial charge in [-0.1, -0.05) is 6.07 Å². The number of rotatable bonds is 3. The van der Waals surface area contributed by atoms with Crippen molar-refractivity contribution in [2.75, 3.05) is 18.5 Å². The van der Waals surface area contributed by atoms with Crippen molar-refractivity contribution in [3.05, 3.63) is 23.9 Å². The predicted molar refractivity (Wildman–Crippen MR) is 61.1 cm³/mol. The molecule has 0 aliphatic carbocycles. The average molecular weight is 206 g/mol. The van der Waals surface area contributed by atoms with E-state index in [1.165, 1.54) is 19.3 Å². The van der Waals surface area contributed by atoms with Gasteiger partial charge < -0.3 is 10.1 Å². The van der Waals surface area contributed by atoms with Gasteiger partial charge in [0.05, 0.1) is 6.10 Å². The Balaban J connectivity index is 1.81. The van der Waals surface area contributed by atoms with E-state index < -0.39 is 0 Å². The standard InChI is InChI=1S/C12H18N2O/c1-10-5-4-7-12(14-10)13-9-11-6-2-3-8-15-11/h4-5,7,11H,2-3,6,8-9H2,1H3,(H,13,14). The van der Waals surface area contributed by atoms with Crippen molar-refractivity contribution in [3.8, 4) is 0 Å². The number of hydrogen-bond donors (Lipinski definition) is 1. The zero-order chi connectivity index (χ0) is 10.5. The summed E-state index contributed by atoms with van der Waals surface area (Å²) in [5.74, 6) is 0.948. The highest BCUT2D eigenvalue weighted by atomic mass is 16.5. The fourth-order valence-corrected chi connectivity index (χ4v) is 1.83. The van der Waals surface area contributed by atoms with Gasteiger partial charge in [0.25, 0.3) is 0 Å². The maximum absolute atomic E-state index is 5.64. The summed E-state index contributed by atoms with van der Waals surface area (Å²) in [7, 11) is 0. The van der Waals surface area contributed by atoms with Gasteiger partial charge in [0, 0.05) is 18.8 Å². The summed E-state index contributed by atoms with van der Waals surface area (Å²) < 4.78 is 5.64. The summed E-state index contributed by atoms with van der Waals surface area (Å²) in [6.07, 6.45) is 4.02. The number of ether oxygens (including phenoxy) is 1. The quantitative estimate of drug-likeness (QED) is 0.824. The number of hydrogen-bond acceptors (Lipinski definition) is 3. The predicted octanol–water partition coefficient (Wildman–Crippen LogP) is 2.37. The molecule has 3 heteroatoms. The van der Waals surface area contributed by atoms with Gasteiger partial charge in [-0.3, -0.25) is 0 Å². The second kappa shape index (κ2) is 5.12. The minimum atomic E-state index is 0.362. The molecule has 1 aliphatic rings. The SMILES string of the molecule is Cc1cccc(NCC2CCCCO2)n1. The van der Waals surface area contributed by atoms with Crippen molar-refractivity contribution < 1.29 is 4.74 Å². The lowest BCUT2D eigenvalue weighted by Crippen LogP contribution is -2.27. The van der Waals surface area contributed by atoms with Gasteiger partial charge in [0.2, 0.25) is 0 Å². The number of pyridine rings is 1. The molecule has 1 aliphatic heterocycles. The van der Waals surface area contributed by atoms with Gasteiger partial charge in [-0.2, -0.15) is 0 Å². The van der Waals surface area contributed by atoms with Crippen molar-refractivity contribution in [2.45, 2.75) is 32.3 Å². The second-order valence-electron chi connectivity index (χ2n) is 4.03. The Morgan fingerprint density at radius 3 is 3.13 bits per heavy atom. The minimum absolute atomic E-state index is 0.362. The second-order valence-corrected chi connectivity index (χ2v) is 4.03. The highest BCUT2D eigenvalue weighted by Crippen LogP contribution is 2.13. The van der Waals surface area contributed by atoms with Crippen LogP contribution in [0.2, 0.25) is 0 Å². The molecular formula is C12H18N2O. The van der Waals surface area contributed by atoms with Crippen LogP contribution in [0.25, 0.3) is 0 Å². The number of anilines is 1. The molecule has 2 heterocycles. The molecule has 1 fully saturated rings. The molecule has 2 rings (SSSR count). The van der Waals surface area contributed by atoms with Gasteiger partial charge in [-0.15, -0.1) is 0 Å². The summed E-state index contributed by atoms with van der Waals surface area (Å²) in [6.45, 7) is 3.78. The van der Waals surface area contributed by atoms with E-state index in [0.717, 1.165) is 24.7 Å². The molecule has 0 aromatic carbocycles. The molecule has 0 saturated carbocycles. The van der Waals surface area contributed by atoms with Crippen LogP contribution in [-0.2, 0) is 4.74 Å². The first-order chi connectivity index (χ1) is 7.34. The van der Waals surface area contributed by atoms with Gasteiger partial charge in [0.1, 0.15) is 5.82 Å². The van der Waals surface area contributed by atoms with Crippen LogP contribution in [0.1, 0.15) is 25.0 Å². The van der Waals surface area contributed by atoms with E-state index in [1.807, 2.05) is 25.1 Å². The summed E-state index contributed by atoms with van der Waals surface area (Å²) in [5, 5.41) is 3.32. The topological polar surface area (TPSA) is 34.1 Å². The first-order valence-electron chi connectivity index (χ1n) is 5.64. The van der Waals surface area contributed by atoms with Crippen LogP contribution in [0.4, 0.5) is 5.82 Å². The van der Waals surface area contributed by atoms with Crippen molar-refractivity contribution in [3.63, 3.8) is 0 Å². The zero-order valence-corrected chi connectivity index (χ0v) is 9.20. The third-order valence-corrected chi connectivity index (χ3v) is 2.67. The third-order valence-electron chi connectivity index (χ3n) is 2.67. The Bertz CT molecular complexity index is 308. The van der Waals surface area contributed by atoms with E-state index in [0.29, 0.717) is 6.10 Å². The van der Waals surface area contributed by atoms with Crippen molar-refractivity contribution in [1.29, 1.82) is 0 Å². The Hall–Kier alpha value is -1.09. The average Bonchev–Trinajstić information content (AvgIpc) is 2.28. The Kier molecular flexibility index (Phi) is 3.56. The molecule has 0 spiro atoms. The fourth-order valence-electron chi connectivity index (χ4n) is 1.83. The molecule has 1 N–H and O–H groups in total. The van der Waals surface area contributed by atoms with Crippen LogP contribution in [0.5, 0.6) is 0 Å². The van der Waals surface area contributed by atoms with E-state index in [-0.39, 0.29) is 0 Å². The van der Waals surface area contributed by atoms with Crippen LogP contribution in [0.15, 0.2) is 18.2 Å². The highest BCUT2D eigenvalue weighted by Gasteiger charge is 2.13. The molecule has 1 aromatic rings. The monoisotopic (exact) mass is 206 g/mol. The molecule has 0 amide bonds. The molecule has 3 nitrogen and oxygen atoms in total. The first kappa shape index (κ1) is 10.4. The van der Waals surface area contributed by atoms with Gasteiger partial charge in [-0.05, 0) is 38.3 Å². The Morgan fingerprint density at radius 2 is 2.40 bits per heavy atom. The highest BCUT2D eigenvalue weighted by molar-refractivity contribution is 5.35. The van der Waals surface area contributed by atoms with Gasteiger partial charge in [0.15, 0.2) is 0 Å². The first-order valence-corrected chi connectivity index (χ1v) is 5.64. The number of nitrogens with zero attached hydrogens (tertiary/aromatic N) is 1. The molecule has 1 saturated heterocycles. The van der Waals surface area contributed by atoms with E-state index in [1.54, 1.807) is 0 Å². The van der Waals surface area contributed by atoms with Crippen molar-refractivity contribution in [1.82, 2.24) is 4.98 Å². The summed E-state index contributed by atoms with van der Waals surface area (Å²) in [4.78, 5) is 4.39. The summed E-state index contributed by atoms with van der Waals surface area (Å²) >= 11 is 0. The number of aryl methyl sites for hydroxylation is 1. The molecule has 0 bridgehead atoms. The molecule has 1 atom stereocenters. The van der Waals surface area contributed by atoms with Crippen LogP contribution in [0, 0.1) is 6.92 Å². The summed E-state index contributed by atoms with van der Waals surface area (Å²) in [6, 6.07) is 6.02. The maximum Gasteiger partial charge on any atom is 0.126 e. The van der Waals surface area contributed by atoms with E-state index in [9.17, 15) is 0 Å². The van der Waals surface area contributed by atoms with Crippen molar-refractivity contribution >= 4 is 5.82 Å². The van der Waals surface area contributed by atoms with Crippen molar-refractivity contribution in [2.24, 2.45) is 0 Å². The summed E-state index contributed by atoms with van der Waals surface area (Å²) in [5.41, 5.74) is 1.05. The zero-order valence-electron chi connectivity index (χ0n) is 9.20. The van der Waals surface area contributed by atoms with Gasteiger partial charge >= 0.3 is 0 Å². The van der Waals surface area contributed by atoms with E-state index in [2.05, 4.69) is 10.3 Å². The largest absolute Gasteiger partial charge is 0.376 e. The Labute approximate surface area is 90.9 Å². The molecular weight excluding hydrogens is 188 g/mol. The number of aromatic nitrogens is 1. The minimum Gasteiger partial charge on any atom is -0.376 e. The lowest BCUT2D eigenvalue weighted by atomic mass is 10.1. The van der Waals surface area contributed by atoms with E-state index >= 15 is 0 Å². The van der Waals surface area contributed by atoms with Crippen LogP contribution < -0.4 is 5.32 Å². The fraction of sp³-hybridized carbons (Fsp3) is 0.583. The van der Waals surface area contributed by atoms with Gasteiger partial charge in [-0.25, -0.2) is 4.98 Å². The molecule has 82 valence electrons. The smallest absolute Gasteiger partial charge is 0.126 e. The lowest BCUT2D eigenvalue weighted by Gasteiger charge is -2.22. The molecule has 1 unspecified atom stereocenters. The van der Waals surface area contributed by atoms with Crippen LogP contribution in [-0.4, -0.2) is 24.2 Å². The maximum atomic E-state index is 5.64. The van der Waals surface area contributed by atoms with Crippen LogP contribution >= 0.6 is 0 Å². The normalized spacial score (nSPS) is 21.3.